The zero-order valence-electron chi connectivity index (χ0n) is 19.1. The number of alkyl halides is 3. The molecule has 0 aliphatic rings. The van der Waals surface area contributed by atoms with Gasteiger partial charge in [0.1, 0.15) is 28.4 Å². The first-order chi connectivity index (χ1) is 17.2. The molecule has 0 aliphatic heterocycles. The summed E-state index contributed by atoms with van der Waals surface area (Å²) in [6.07, 6.45) is -3.09. The Morgan fingerprint density at radius 1 is 1.08 bits per heavy atom. The lowest BCUT2D eigenvalue weighted by atomic mass is 10.1. The van der Waals surface area contributed by atoms with Crippen molar-refractivity contribution in [2.24, 2.45) is 5.73 Å². The van der Waals surface area contributed by atoms with Crippen LogP contribution in [-0.4, -0.2) is 41.1 Å². The van der Waals surface area contributed by atoms with Crippen LogP contribution in [0.4, 0.5) is 22.0 Å². The summed E-state index contributed by atoms with van der Waals surface area (Å²) in [5.74, 6) is -2.14. The molecule has 0 radical (unpaired) electrons. The predicted octanol–water partition coefficient (Wildman–Crippen LogP) is 4.00. The van der Waals surface area contributed by atoms with E-state index < -0.39 is 44.7 Å². The van der Waals surface area contributed by atoms with Gasteiger partial charge in [-0.2, -0.15) is 17.9 Å². The number of amides is 1. The van der Waals surface area contributed by atoms with Gasteiger partial charge in [0.05, 0.1) is 28.7 Å². The molecule has 1 amide bonds. The van der Waals surface area contributed by atoms with Gasteiger partial charge in [-0.25, -0.2) is 22.2 Å². The second-order valence-electron chi connectivity index (χ2n) is 8.14. The fourth-order valence-electron chi connectivity index (χ4n) is 3.69. The third-order valence-corrected chi connectivity index (χ3v) is 7.07. The molecule has 37 heavy (non-hydrogen) atoms. The predicted molar refractivity (Wildman–Crippen MR) is 123 cm³/mol. The molecule has 3 heterocycles. The summed E-state index contributed by atoms with van der Waals surface area (Å²) in [7, 11) is -4.61. The SMILES string of the molecule is Cc1cc2c(cc1F)c(C(N)=O)c(-c1ccc(S(=O)(=O)N[C@@H](C)C(F)(F)F)cn1)n2-c1ccc(F)cn1. The standard InChI is InChI=1S/C23H18F5N5O3S/c1-11-7-18-15(8-16(11)25)20(22(29)34)21(33(18)19-6-3-13(24)9-31-19)17-5-4-14(10-30-17)37(35,36)32-12(2)23(26,27)28/h3-10,12,32H,1-2H3,(H2,29,34)/t12-/m0/s1. The molecular weight excluding hydrogens is 521 g/mol. The summed E-state index contributed by atoms with van der Waals surface area (Å²) in [5, 5.41) is 0.0934. The Bertz CT molecular complexity index is 1620. The van der Waals surface area contributed by atoms with Crippen LogP contribution in [0.1, 0.15) is 22.8 Å². The van der Waals surface area contributed by atoms with Crippen molar-refractivity contribution >= 4 is 26.8 Å². The van der Waals surface area contributed by atoms with Crippen molar-refractivity contribution in [2.45, 2.75) is 31.0 Å². The molecule has 194 valence electrons. The number of hydrogen-bond acceptors (Lipinski definition) is 5. The summed E-state index contributed by atoms with van der Waals surface area (Å²) in [4.78, 5) is 20.0. The van der Waals surface area contributed by atoms with Crippen LogP contribution in [0.15, 0.2) is 53.7 Å². The molecule has 1 atom stereocenters. The lowest BCUT2D eigenvalue weighted by Crippen LogP contribution is -2.42. The van der Waals surface area contributed by atoms with Crippen LogP contribution in [0.2, 0.25) is 0 Å². The molecule has 0 saturated heterocycles. The van der Waals surface area contributed by atoms with Crippen LogP contribution in [-0.2, 0) is 10.0 Å². The molecule has 0 spiro atoms. The number of nitrogens with one attached hydrogen (secondary N) is 1. The molecule has 4 rings (SSSR count). The normalized spacial score (nSPS) is 13.2. The Balaban J connectivity index is 1.94. The van der Waals surface area contributed by atoms with E-state index in [9.17, 15) is 35.2 Å². The average Bonchev–Trinajstić information content (AvgIpc) is 3.13. The minimum Gasteiger partial charge on any atom is -0.366 e. The van der Waals surface area contributed by atoms with Gasteiger partial charge in [0.15, 0.2) is 0 Å². The summed E-state index contributed by atoms with van der Waals surface area (Å²) < 4.78 is 94.3. The fraction of sp³-hybridized carbons (Fsp3) is 0.174. The molecule has 0 saturated carbocycles. The van der Waals surface area contributed by atoms with E-state index in [1.165, 1.54) is 28.3 Å². The maximum atomic E-state index is 14.5. The number of halogens is 5. The van der Waals surface area contributed by atoms with Crippen molar-refractivity contribution in [1.82, 2.24) is 19.3 Å². The van der Waals surface area contributed by atoms with Gasteiger partial charge >= 0.3 is 6.18 Å². The number of primary amides is 1. The zero-order chi connectivity index (χ0) is 27.3. The van der Waals surface area contributed by atoms with Crippen LogP contribution >= 0.6 is 0 Å². The topological polar surface area (TPSA) is 120 Å². The first-order valence-corrected chi connectivity index (χ1v) is 12.0. The number of aryl methyl sites for hydroxylation is 1. The molecule has 14 heteroatoms. The van der Waals surface area contributed by atoms with Crippen LogP contribution in [0.5, 0.6) is 0 Å². The third kappa shape index (κ3) is 4.89. The monoisotopic (exact) mass is 539 g/mol. The number of rotatable bonds is 6. The number of carbonyl (C=O) groups excluding carboxylic acids is 1. The Hall–Kier alpha value is -3.91. The molecule has 3 N–H and O–H groups in total. The van der Waals surface area contributed by atoms with Gasteiger partial charge in [-0.15, -0.1) is 0 Å². The van der Waals surface area contributed by atoms with E-state index in [-0.39, 0.29) is 39.2 Å². The molecule has 0 bridgehead atoms. The molecule has 3 aromatic heterocycles. The molecule has 4 aromatic rings. The Kier molecular flexibility index (Phi) is 6.50. The van der Waals surface area contributed by atoms with E-state index in [1.807, 2.05) is 0 Å². The number of nitrogens with zero attached hydrogens (tertiary/aromatic N) is 3. The second-order valence-corrected chi connectivity index (χ2v) is 9.85. The number of pyridine rings is 2. The van der Waals surface area contributed by atoms with Gasteiger partial charge in [0.2, 0.25) is 10.0 Å². The van der Waals surface area contributed by atoms with Crippen LogP contribution in [0.3, 0.4) is 0 Å². The highest BCUT2D eigenvalue weighted by molar-refractivity contribution is 7.89. The number of aromatic nitrogens is 3. The Morgan fingerprint density at radius 2 is 1.78 bits per heavy atom. The van der Waals surface area contributed by atoms with Crippen LogP contribution < -0.4 is 10.5 Å². The summed E-state index contributed by atoms with van der Waals surface area (Å²) >= 11 is 0. The first-order valence-electron chi connectivity index (χ1n) is 10.5. The van der Waals surface area contributed by atoms with Crippen molar-refractivity contribution < 1.29 is 35.2 Å². The second kappa shape index (κ2) is 9.19. The van der Waals surface area contributed by atoms with Crippen LogP contribution in [0, 0.1) is 18.6 Å². The van der Waals surface area contributed by atoms with Crippen molar-refractivity contribution in [3.8, 4) is 17.2 Å². The lowest BCUT2D eigenvalue weighted by molar-refractivity contribution is -0.147. The van der Waals surface area contributed by atoms with Gasteiger partial charge in [-0.1, -0.05) is 0 Å². The van der Waals surface area contributed by atoms with Gasteiger partial charge in [0.25, 0.3) is 5.91 Å². The Labute approximate surface area is 207 Å². The smallest absolute Gasteiger partial charge is 0.366 e. The minimum absolute atomic E-state index is 0.00725. The van der Waals surface area contributed by atoms with E-state index in [1.54, 1.807) is 0 Å². The molecule has 8 nitrogen and oxygen atoms in total. The van der Waals surface area contributed by atoms with Gasteiger partial charge in [0, 0.05) is 11.6 Å². The van der Waals surface area contributed by atoms with Crippen LogP contribution in [0.25, 0.3) is 28.1 Å². The number of hydrogen-bond donors (Lipinski definition) is 2. The highest BCUT2D eigenvalue weighted by atomic mass is 32.2. The fourth-order valence-corrected chi connectivity index (χ4v) is 4.86. The van der Waals surface area contributed by atoms with E-state index in [0.717, 1.165) is 36.7 Å². The van der Waals surface area contributed by atoms with E-state index in [0.29, 0.717) is 6.92 Å². The lowest BCUT2D eigenvalue weighted by Gasteiger charge is -2.17. The quantitative estimate of drug-likeness (QED) is 0.359. The summed E-state index contributed by atoms with van der Waals surface area (Å²) in [6.45, 7) is 2.13. The maximum absolute atomic E-state index is 14.5. The van der Waals surface area contributed by atoms with E-state index in [2.05, 4.69) is 9.97 Å². The van der Waals surface area contributed by atoms with Gasteiger partial charge in [-0.05, 0) is 55.8 Å². The molecule has 0 aliphatic carbocycles. The first kappa shape index (κ1) is 26.2. The van der Waals surface area contributed by atoms with E-state index >= 15 is 0 Å². The van der Waals surface area contributed by atoms with Crippen molar-refractivity contribution in [2.75, 3.05) is 0 Å². The molecule has 1 aromatic carbocycles. The number of fused-ring (bicyclic) bond motifs is 1. The number of carbonyl (C=O) groups is 1. The average molecular weight is 539 g/mol. The summed E-state index contributed by atoms with van der Waals surface area (Å²) in [5.41, 5.74) is 5.91. The largest absolute Gasteiger partial charge is 0.404 e. The van der Waals surface area contributed by atoms with E-state index in [4.69, 9.17) is 5.73 Å². The zero-order valence-corrected chi connectivity index (χ0v) is 20.0. The third-order valence-electron chi connectivity index (χ3n) is 5.55. The van der Waals surface area contributed by atoms with Crippen molar-refractivity contribution in [3.05, 3.63) is 71.6 Å². The maximum Gasteiger partial charge on any atom is 0.404 e. The van der Waals surface area contributed by atoms with Gasteiger partial charge in [-0.3, -0.25) is 14.3 Å². The molecular formula is C23H18F5N5O3S. The van der Waals surface area contributed by atoms with Crippen molar-refractivity contribution in [1.29, 1.82) is 0 Å². The number of sulfonamides is 1. The van der Waals surface area contributed by atoms with Crippen molar-refractivity contribution in [3.63, 3.8) is 0 Å². The highest BCUT2D eigenvalue weighted by Gasteiger charge is 2.39. The summed E-state index contributed by atoms with van der Waals surface area (Å²) in [6, 6.07) is 4.70. The Morgan fingerprint density at radius 3 is 2.32 bits per heavy atom. The molecule has 0 unspecified atom stereocenters. The highest BCUT2D eigenvalue weighted by Crippen LogP contribution is 2.36. The molecule has 0 fully saturated rings. The number of nitrogens with two attached hydrogens (primary N) is 1. The van der Waals surface area contributed by atoms with Gasteiger partial charge < -0.3 is 5.73 Å². The minimum atomic E-state index is -4.81. The number of benzene rings is 1.